The molecule has 0 bridgehead atoms. The Labute approximate surface area is 128 Å². The zero-order valence-electron chi connectivity index (χ0n) is 12.4. The van der Waals surface area contributed by atoms with Crippen LogP contribution in [0, 0.1) is 5.92 Å². The second-order valence-corrected chi connectivity index (χ2v) is 5.91. The van der Waals surface area contributed by atoms with Gasteiger partial charge < -0.3 is 45.5 Å². The summed E-state index contributed by atoms with van der Waals surface area (Å²) < 4.78 is 16.4. The number of aliphatic hydroxyl groups excluding tert-OH is 5. The van der Waals surface area contributed by atoms with Crippen molar-refractivity contribution in [3.8, 4) is 0 Å². The molecule has 0 aliphatic carbocycles. The van der Waals surface area contributed by atoms with Crippen molar-refractivity contribution >= 4 is 0 Å². The molecule has 9 nitrogen and oxygen atoms in total. The number of aliphatic hydroxyl groups is 5. The van der Waals surface area contributed by atoms with Gasteiger partial charge in [0.25, 0.3) is 0 Å². The molecule has 0 aromatic heterocycles. The first kappa shape index (κ1) is 18.0. The van der Waals surface area contributed by atoms with Crippen LogP contribution in [0.25, 0.3) is 0 Å². The molecule has 0 aromatic carbocycles. The lowest BCUT2D eigenvalue weighted by atomic mass is 9.93. The Morgan fingerprint density at radius 2 is 1.68 bits per heavy atom. The maximum absolute atomic E-state index is 10.2. The van der Waals surface area contributed by atoms with E-state index in [1.807, 2.05) is 0 Å². The molecule has 9 atom stereocenters. The van der Waals surface area contributed by atoms with Crippen LogP contribution in [0.5, 0.6) is 0 Å². The molecule has 0 aromatic rings. The Bertz CT molecular complexity index is 355. The average Bonchev–Trinajstić information content (AvgIpc) is 2.52. The molecule has 0 spiro atoms. The summed E-state index contributed by atoms with van der Waals surface area (Å²) in [6, 6.07) is -1.07. The van der Waals surface area contributed by atoms with E-state index in [9.17, 15) is 25.5 Å². The molecule has 2 heterocycles. The van der Waals surface area contributed by atoms with E-state index in [0.29, 0.717) is 0 Å². The van der Waals surface area contributed by atoms with E-state index in [2.05, 4.69) is 0 Å². The quantitative estimate of drug-likeness (QED) is 0.309. The van der Waals surface area contributed by atoms with Crippen LogP contribution in [-0.4, -0.2) is 94.3 Å². The van der Waals surface area contributed by atoms with Crippen LogP contribution in [-0.2, 0) is 14.2 Å². The minimum absolute atomic E-state index is 0.211. The Morgan fingerprint density at radius 3 is 2.27 bits per heavy atom. The topological polar surface area (TPSA) is 155 Å². The lowest BCUT2D eigenvalue weighted by molar-refractivity contribution is -0.308. The van der Waals surface area contributed by atoms with E-state index in [4.69, 9.17) is 19.9 Å². The van der Waals surface area contributed by atoms with Gasteiger partial charge in [-0.15, -0.1) is 0 Å². The molecule has 4 unspecified atom stereocenters. The van der Waals surface area contributed by atoms with Crippen LogP contribution >= 0.6 is 0 Å². The van der Waals surface area contributed by atoms with E-state index in [1.54, 1.807) is 6.92 Å². The third kappa shape index (κ3) is 3.42. The van der Waals surface area contributed by atoms with E-state index in [0.717, 1.165) is 0 Å². The molecule has 0 saturated carbocycles. The van der Waals surface area contributed by atoms with Crippen molar-refractivity contribution in [2.45, 2.75) is 55.9 Å². The smallest absolute Gasteiger partial charge is 0.176 e. The molecular formula is C13H25NO8. The Kier molecular flexibility index (Phi) is 6.11. The third-order valence-corrected chi connectivity index (χ3v) is 4.26. The highest BCUT2D eigenvalue weighted by atomic mass is 16.7. The van der Waals surface area contributed by atoms with E-state index in [-0.39, 0.29) is 19.1 Å². The summed E-state index contributed by atoms with van der Waals surface area (Å²) in [5, 5.41) is 48.4. The number of rotatable bonds is 4. The summed E-state index contributed by atoms with van der Waals surface area (Å²) in [6.45, 7) is 1.18. The van der Waals surface area contributed by atoms with Crippen LogP contribution in [0.3, 0.4) is 0 Å². The fourth-order valence-electron chi connectivity index (χ4n) is 2.72. The second-order valence-electron chi connectivity index (χ2n) is 5.91. The summed E-state index contributed by atoms with van der Waals surface area (Å²) in [4.78, 5) is 0. The molecule has 0 amide bonds. The van der Waals surface area contributed by atoms with Crippen LogP contribution in [0.15, 0.2) is 0 Å². The zero-order chi connectivity index (χ0) is 16.4. The lowest BCUT2D eigenvalue weighted by Gasteiger charge is -2.45. The average molecular weight is 323 g/mol. The fraction of sp³-hybridized carbons (Fsp3) is 1.00. The first-order valence-corrected chi connectivity index (χ1v) is 7.34. The molecule has 2 rings (SSSR count). The first-order valence-electron chi connectivity index (χ1n) is 7.34. The molecule has 9 heteroatoms. The predicted molar refractivity (Wildman–Crippen MR) is 72.6 cm³/mol. The highest BCUT2D eigenvalue weighted by Gasteiger charge is 2.47. The Morgan fingerprint density at radius 1 is 1.05 bits per heavy atom. The molecule has 2 aliphatic heterocycles. The molecule has 0 radical (unpaired) electrons. The largest absolute Gasteiger partial charge is 0.394 e. The fourth-order valence-corrected chi connectivity index (χ4v) is 2.72. The van der Waals surface area contributed by atoms with Crippen molar-refractivity contribution in [3.05, 3.63) is 0 Å². The van der Waals surface area contributed by atoms with Crippen molar-refractivity contribution in [2.24, 2.45) is 11.7 Å². The summed E-state index contributed by atoms with van der Waals surface area (Å²) in [5.74, 6) is -0.211. The van der Waals surface area contributed by atoms with Gasteiger partial charge in [-0.1, -0.05) is 6.92 Å². The normalized spacial score (nSPS) is 50.0. The molecule has 2 fully saturated rings. The Hall–Kier alpha value is -0.360. The Balaban J connectivity index is 2.09. The van der Waals surface area contributed by atoms with Crippen molar-refractivity contribution in [1.29, 1.82) is 0 Å². The third-order valence-electron chi connectivity index (χ3n) is 4.26. The van der Waals surface area contributed by atoms with Gasteiger partial charge in [0.15, 0.2) is 6.29 Å². The van der Waals surface area contributed by atoms with Crippen LogP contribution in [0.1, 0.15) is 6.92 Å². The maximum Gasteiger partial charge on any atom is 0.176 e. The second kappa shape index (κ2) is 7.47. The molecular weight excluding hydrogens is 298 g/mol. The van der Waals surface area contributed by atoms with Gasteiger partial charge in [0.05, 0.1) is 32.0 Å². The van der Waals surface area contributed by atoms with Gasteiger partial charge in [-0.2, -0.15) is 0 Å². The van der Waals surface area contributed by atoms with Crippen molar-refractivity contribution in [3.63, 3.8) is 0 Å². The van der Waals surface area contributed by atoms with Crippen LogP contribution in [0.4, 0.5) is 0 Å². The van der Waals surface area contributed by atoms with Gasteiger partial charge in [-0.3, -0.25) is 0 Å². The number of ether oxygens (including phenoxy) is 3. The minimum atomic E-state index is -1.34. The maximum atomic E-state index is 10.2. The van der Waals surface area contributed by atoms with E-state index >= 15 is 0 Å². The van der Waals surface area contributed by atoms with E-state index < -0.39 is 55.6 Å². The van der Waals surface area contributed by atoms with Crippen LogP contribution in [0.2, 0.25) is 0 Å². The van der Waals surface area contributed by atoms with Gasteiger partial charge in [-0.25, -0.2) is 0 Å². The van der Waals surface area contributed by atoms with Gasteiger partial charge >= 0.3 is 0 Å². The van der Waals surface area contributed by atoms with Crippen molar-refractivity contribution in [2.75, 3.05) is 19.8 Å². The van der Waals surface area contributed by atoms with Crippen molar-refractivity contribution in [1.82, 2.24) is 0 Å². The number of hydrogen-bond donors (Lipinski definition) is 6. The summed E-state index contributed by atoms with van der Waals surface area (Å²) in [7, 11) is 0. The highest BCUT2D eigenvalue weighted by Crippen LogP contribution is 2.28. The van der Waals surface area contributed by atoms with Gasteiger partial charge in [-0.05, 0) is 0 Å². The van der Waals surface area contributed by atoms with Gasteiger partial charge in [0, 0.05) is 5.92 Å². The molecule has 22 heavy (non-hydrogen) atoms. The minimum Gasteiger partial charge on any atom is -0.394 e. The number of nitrogens with two attached hydrogens (primary N) is 1. The number of hydrogen-bond acceptors (Lipinski definition) is 9. The predicted octanol–water partition coefficient (Wildman–Crippen LogP) is -3.47. The molecule has 2 saturated heterocycles. The zero-order valence-corrected chi connectivity index (χ0v) is 12.4. The van der Waals surface area contributed by atoms with Crippen molar-refractivity contribution < 1.29 is 39.7 Å². The summed E-state index contributed by atoms with van der Waals surface area (Å²) >= 11 is 0. The van der Waals surface area contributed by atoms with E-state index in [1.165, 1.54) is 0 Å². The molecule has 7 N–H and O–H groups in total. The molecule has 130 valence electrons. The SMILES string of the molecule is CC1COC(CO)[C@H](O[C@@H]2OC(CO)[C@H](O)[C@@H](O)C2N)[C@H]1O. The summed E-state index contributed by atoms with van der Waals surface area (Å²) in [6.07, 6.45) is -7.43. The lowest BCUT2D eigenvalue weighted by Crippen LogP contribution is -2.64. The first-order chi connectivity index (χ1) is 10.4. The monoisotopic (exact) mass is 323 g/mol. The summed E-state index contributed by atoms with van der Waals surface area (Å²) in [5.41, 5.74) is 5.79. The highest BCUT2D eigenvalue weighted by molar-refractivity contribution is 4.93. The van der Waals surface area contributed by atoms with Gasteiger partial charge in [0.2, 0.25) is 0 Å². The standard InChI is InChI=1S/C13H25NO8/c1-5-4-20-7(3-16)12(9(5)17)22-13-8(14)11(19)10(18)6(2-15)21-13/h5-13,15-19H,2-4,14H2,1H3/t5?,6?,7?,8?,9-,10-,11-,12-,13-/m0/s1. The van der Waals surface area contributed by atoms with Crippen LogP contribution < -0.4 is 5.73 Å². The molecule has 2 aliphatic rings. The van der Waals surface area contributed by atoms with Gasteiger partial charge in [0.1, 0.15) is 30.5 Å².